The minimum atomic E-state index is -0.433. The normalized spacial score (nSPS) is 12.0. The van der Waals surface area contributed by atoms with Crippen LogP contribution >= 0.6 is 0 Å². The molecule has 0 aromatic heterocycles. The molecule has 0 aliphatic heterocycles. The highest BCUT2D eigenvalue weighted by Crippen LogP contribution is 2.32. The lowest BCUT2D eigenvalue weighted by molar-refractivity contribution is 0.412. The van der Waals surface area contributed by atoms with E-state index in [0.29, 0.717) is 17.0 Å². The van der Waals surface area contributed by atoms with E-state index in [-0.39, 0.29) is 11.8 Å². The lowest BCUT2D eigenvalue weighted by Crippen LogP contribution is -2.08. The van der Waals surface area contributed by atoms with Crippen molar-refractivity contribution >= 4 is 5.69 Å². The van der Waals surface area contributed by atoms with E-state index in [4.69, 9.17) is 4.74 Å². The van der Waals surface area contributed by atoms with Gasteiger partial charge < -0.3 is 15.2 Å². The van der Waals surface area contributed by atoms with Crippen LogP contribution < -0.4 is 10.1 Å². The van der Waals surface area contributed by atoms with E-state index in [1.807, 2.05) is 0 Å². The van der Waals surface area contributed by atoms with Crippen LogP contribution in [0.5, 0.6) is 11.5 Å². The maximum absolute atomic E-state index is 13.2. The minimum absolute atomic E-state index is 0.00696. The number of halogens is 2. The Morgan fingerprint density at radius 3 is 2.45 bits per heavy atom. The predicted octanol–water partition coefficient (Wildman–Crippen LogP) is 3.85. The van der Waals surface area contributed by atoms with Crippen LogP contribution in [0.15, 0.2) is 36.4 Å². The largest absolute Gasteiger partial charge is 0.508 e. The number of aromatic hydroxyl groups is 1. The van der Waals surface area contributed by atoms with Crippen LogP contribution in [0, 0.1) is 11.6 Å². The summed E-state index contributed by atoms with van der Waals surface area (Å²) >= 11 is 0. The number of ether oxygens (including phenoxy) is 1. The first kappa shape index (κ1) is 14.1. The van der Waals surface area contributed by atoms with Gasteiger partial charge in [0.15, 0.2) is 0 Å². The van der Waals surface area contributed by atoms with E-state index in [2.05, 4.69) is 5.32 Å². The minimum Gasteiger partial charge on any atom is -0.508 e. The first-order chi connectivity index (χ1) is 9.51. The van der Waals surface area contributed by atoms with Crippen molar-refractivity contribution in [3.63, 3.8) is 0 Å². The summed E-state index contributed by atoms with van der Waals surface area (Å²) in [4.78, 5) is 0. The highest BCUT2D eigenvalue weighted by atomic mass is 19.1. The van der Waals surface area contributed by atoms with Gasteiger partial charge in [-0.3, -0.25) is 0 Å². The van der Waals surface area contributed by atoms with Crippen molar-refractivity contribution in [1.82, 2.24) is 0 Å². The number of phenols is 1. The number of anilines is 1. The van der Waals surface area contributed by atoms with E-state index in [1.54, 1.807) is 6.92 Å². The second-order valence-electron chi connectivity index (χ2n) is 4.41. The molecular formula is C15H15F2NO2. The van der Waals surface area contributed by atoms with Gasteiger partial charge in [-0.05, 0) is 37.3 Å². The van der Waals surface area contributed by atoms with Crippen molar-refractivity contribution in [2.75, 3.05) is 12.4 Å². The van der Waals surface area contributed by atoms with Gasteiger partial charge in [-0.2, -0.15) is 0 Å². The number of hydrogen-bond acceptors (Lipinski definition) is 3. The van der Waals surface area contributed by atoms with Crippen molar-refractivity contribution in [3.8, 4) is 11.5 Å². The number of hydrogen-bond donors (Lipinski definition) is 2. The maximum atomic E-state index is 13.2. The zero-order chi connectivity index (χ0) is 14.7. The van der Waals surface area contributed by atoms with Crippen LogP contribution in [0.3, 0.4) is 0 Å². The molecule has 2 rings (SSSR count). The Bertz CT molecular complexity index is 617. The SMILES string of the molecule is COc1cc(F)ccc1NC(C)c1cc(F)ccc1O. The smallest absolute Gasteiger partial charge is 0.144 e. The summed E-state index contributed by atoms with van der Waals surface area (Å²) in [5, 5.41) is 12.8. The molecule has 0 bridgehead atoms. The third-order valence-electron chi connectivity index (χ3n) is 2.99. The summed E-state index contributed by atoms with van der Waals surface area (Å²) < 4.78 is 31.4. The highest BCUT2D eigenvalue weighted by Gasteiger charge is 2.14. The fourth-order valence-corrected chi connectivity index (χ4v) is 1.97. The standard InChI is InChI=1S/C15H15F2NO2/c1-9(12-7-10(16)4-6-14(12)19)18-13-5-3-11(17)8-15(13)20-2/h3-9,18-19H,1-2H3. The fraction of sp³-hybridized carbons (Fsp3) is 0.200. The molecule has 106 valence electrons. The van der Waals surface area contributed by atoms with Gasteiger partial charge in [-0.25, -0.2) is 8.78 Å². The van der Waals surface area contributed by atoms with Gasteiger partial charge in [0, 0.05) is 11.6 Å². The summed E-state index contributed by atoms with van der Waals surface area (Å²) in [5.74, 6) is -0.508. The molecule has 0 radical (unpaired) electrons. The quantitative estimate of drug-likeness (QED) is 0.893. The van der Waals surface area contributed by atoms with E-state index in [1.165, 1.54) is 43.5 Å². The Morgan fingerprint density at radius 2 is 1.75 bits per heavy atom. The molecular weight excluding hydrogens is 264 g/mol. The van der Waals surface area contributed by atoms with E-state index >= 15 is 0 Å². The van der Waals surface area contributed by atoms with Crippen LogP contribution in [-0.2, 0) is 0 Å². The molecule has 2 N–H and O–H groups in total. The summed E-state index contributed by atoms with van der Waals surface area (Å²) in [6.07, 6.45) is 0. The molecule has 20 heavy (non-hydrogen) atoms. The lowest BCUT2D eigenvalue weighted by Gasteiger charge is -2.19. The van der Waals surface area contributed by atoms with Crippen molar-refractivity contribution in [1.29, 1.82) is 0 Å². The molecule has 0 fully saturated rings. The van der Waals surface area contributed by atoms with E-state index < -0.39 is 11.6 Å². The molecule has 2 aromatic carbocycles. The summed E-state index contributed by atoms with van der Waals surface area (Å²) in [7, 11) is 1.43. The average molecular weight is 279 g/mol. The van der Waals surface area contributed by atoms with Gasteiger partial charge >= 0.3 is 0 Å². The first-order valence-corrected chi connectivity index (χ1v) is 6.09. The summed E-state index contributed by atoms with van der Waals surface area (Å²) in [6, 6.07) is 7.44. The molecule has 5 heteroatoms. The van der Waals surface area contributed by atoms with Crippen LogP contribution in [0.4, 0.5) is 14.5 Å². The Balaban J connectivity index is 2.27. The van der Waals surface area contributed by atoms with Crippen molar-refractivity contribution in [3.05, 3.63) is 53.6 Å². The number of rotatable bonds is 4. The lowest BCUT2D eigenvalue weighted by atomic mass is 10.1. The number of benzene rings is 2. The van der Waals surface area contributed by atoms with Gasteiger partial charge in [-0.1, -0.05) is 0 Å². The monoisotopic (exact) mass is 279 g/mol. The second-order valence-corrected chi connectivity index (χ2v) is 4.41. The number of methoxy groups -OCH3 is 1. The number of nitrogens with one attached hydrogen (secondary N) is 1. The van der Waals surface area contributed by atoms with Crippen molar-refractivity contribution in [2.24, 2.45) is 0 Å². The molecule has 1 unspecified atom stereocenters. The molecule has 0 amide bonds. The van der Waals surface area contributed by atoms with Gasteiger partial charge in [0.2, 0.25) is 0 Å². The van der Waals surface area contributed by atoms with Gasteiger partial charge in [0.25, 0.3) is 0 Å². The highest BCUT2D eigenvalue weighted by molar-refractivity contribution is 5.58. The molecule has 0 heterocycles. The van der Waals surface area contributed by atoms with Gasteiger partial charge in [0.05, 0.1) is 18.8 Å². The second kappa shape index (κ2) is 5.77. The molecule has 0 spiro atoms. The van der Waals surface area contributed by atoms with Crippen LogP contribution in [0.25, 0.3) is 0 Å². The van der Waals surface area contributed by atoms with Crippen molar-refractivity contribution < 1.29 is 18.6 Å². The number of phenolic OH excluding ortho intramolecular Hbond substituents is 1. The predicted molar refractivity (Wildman–Crippen MR) is 73.1 cm³/mol. The summed E-state index contributed by atoms with van der Waals surface area (Å²) in [6.45, 7) is 1.76. The molecule has 0 aliphatic carbocycles. The first-order valence-electron chi connectivity index (χ1n) is 6.09. The van der Waals surface area contributed by atoms with Crippen LogP contribution in [0.1, 0.15) is 18.5 Å². The zero-order valence-corrected chi connectivity index (χ0v) is 11.2. The van der Waals surface area contributed by atoms with Gasteiger partial charge in [-0.15, -0.1) is 0 Å². The van der Waals surface area contributed by atoms with E-state index in [0.717, 1.165) is 0 Å². The molecule has 2 aromatic rings. The Hall–Kier alpha value is -2.30. The van der Waals surface area contributed by atoms with Crippen LogP contribution in [-0.4, -0.2) is 12.2 Å². The van der Waals surface area contributed by atoms with Crippen molar-refractivity contribution in [2.45, 2.75) is 13.0 Å². The Morgan fingerprint density at radius 1 is 1.10 bits per heavy atom. The molecule has 0 aliphatic rings. The third kappa shape index (κ3) is 2.99. The molecule has 0 saturated carbocycles. The van der Waals surface area contributed by atoms with E-state index in [9.17, 15) is 13.9 Å². The fourth-order valence-electron chi connectivity index (χ4n) is 1.97. The Labute approximate surface area is 115 Å². The molecule has 0 saturated heterocycles. The topological polar surface area (TPSA) is 41.5 Å². The van der Waals surface area contributed by atoms with Gasteiger partial charge in [0.1, 0.15) is 23.1 Å². The summed E-state index contributed by atoms with van der Waals surface area (Å²) in [5.41, 5.74) is 0.974. The van der Waals surface area contributed by atoms with Crippen LogP contribution in [0.2, 0.25) is 0 Å². The third-order valence-corrected chi connectivity index (χ3v) is 2.99. The maximum Gasteiger partial charge on any atom is 0.144 e. The zero-order valence-electron chi connectivity index (χ0n) is 11.2. The molecule has 1 atom stereocenters. The molecule has 3 nitrogen and oxygen atoms in total. The average Bonchev–Trinajstić information content (AvgIpc) is 2.43. The Kier molecular flexibility index (Phi) is 4.08.